The second-order valence-electron chi connectivity index (χ2n) is 7.42. The average molecular weight is 345 g/mol. The molecule has 0 unspecified atom stereocenters. The van der Waals surface area contributed by atoms with Gasteiger partial charge in [-0.15, -0.1) is 0 Å². The maximum atomic E-state index is 12.2. The van der Waals surface area contributed by atoms with Crippen molar-refractivity contribution in [3.05, 3.63) is 35.9 Å². The van der Waals surface area contributed by atoms with Crippen LogP contribution in [0.3, 0.4) is 0 Å². The Bertz CT molecular complexity index is 523. The van der Waals surface area contributed by atoms with Crippen molar-refractivity contribution in [3.8, 4) is 0 Å². The first-order valence-corrected chi connectivity index (χ1v) is 9.70. The van der Waals surface area contributed by atoms with Crippen LogP contribution in [0.5, 0.6) is 0 Å². The number of nitrogens with zero attached hydrogens (tertiary/aromatic N) is 1. The fourth-order valence-corrected chi connectivity index (χ4v) is 4.16. The lowest BCUT2D eigenvalue weighted by Crippen LogP contribution is -2.45. The molecule has 1 heterocycles. The number of hydrogen-bond acceptors (Lipinski definition) is 3. The summed E-state index contributed by atoms with van der Waals surface area (Å²) in [5.41, 5.74) is 0.921. The fourth-order valence-electron chi connectivity index (χ4n) is 4.16. The second-order valence-corrected chi connectivity index (χ2v) is 7.42. The van der Waals surface area contributed by atoms with Crippen molar-refractivity contribution in [2.45, 2.75) is 50.6 Å². The zero-order valence-electron chi connectivity index (χ0n) is 15.0. The highest BCUT2D eigenvalue weighted by Gasteiger charge is 2.27. The number of rotatable bonds is 6. The second kappa shape index (κ2) is 9.20. The number of urea groups is 1. The molecule has 0 bridgehead atoms. The molecule has 1 atom stereocenters. The first-order valence-electron chi connectivity index (χ1n) is 9.70. The summed E-state index contributed by atoms with van der Waals surface area (Å²) < 4.78 is 0. The Morgan fingerprint density at radius 1 is 1.12 bits per heavy atom. The van der Waals surface area contributed by atoms with Crippen molar-refractivity contribution in [2.24, 2.45) is 5.92 Å². The maximum Gasteiger partial charge on any atom is 0.315 e. The largest absolute Gasteiger partial charge is 0.394 e. The number of aliphatic hydroxyl groups excluding tert-OH is 1. The van der Waals surface area contributed by atoms with Gasteiger partial charge in [0.1, 0.15) is 0 Å². The summed E-state index contributed by atoms with van der Waals surface area (Å²) in [5, 5.41) is 15.4. The zero-order valence-corrected chi connectivity index (χ0v) is 15.0. The lowest BCUT2D eigenvalue weighted by Gasteiger charge is -2.36. The number of amides is 2. The summed E-state index contributed by atoms with van der Waals surface area (Å²) >= 11 is 0. The molecule has 1 saturated carbocycles. The van der Waals surface area contributed by atoms with Crippen molar-refractivity contribution in [1.29, 1.82) is 0 Å². The summed E-state index contributed by atoms with van der Waals surface area (Å²) in [5.74, 6) is 0.563. The van der Waals surface area contributed by atoms with E-state index in [1.54, 1.807) is 0 Å². The quantitative estimate of drug-likeness (QED) is 0.743. The number of aliphatic hydroxyl groups is 1. The minimum Gasteiger partial charge on any atom is -0.394 e. The molecule has 25 heavy (non-hydrogen) atoms. The average Bonchev–Trinajstić information content (AvgIpc) is 3.20. The third kappa shape index (κ3) is 5.19. The topological polar surface area (TPSA) is 64.6 Å². The van der Waals surface area contributed by atoms with Crippen LogP contribution >= 0.6 is 0 Å². The van der Waals surface area contributed by atoms with Gasteiger partial charge in [0.2, 0.25) is 0 Å². The van der Waals surface area contributed by atoms with Crippen molar-refractivity contribution < 1.29 is 9.90 Å². The number of piperidine rings is 1. The lowest BCUT2D eigenvalue weighted by atomic mass is 9.95. The Hall–Kier alpha value is -1.59. The van der Waals surface area contributed by atoms with Gasteiger partial charge in [0, 0.05) is 12.6 Å². The van der Waals surface area contributed by atoms with Gasteiger partial charge in [0.05, 0.1) is 12.6 Å². The number of carbonyl (C=O) groups excluding carboxylic acids is 1. The molecular formula is C20H31N3O2. The van der Waals surface area contributed by atoms with Gasteiger partial charge in [0.25, 0.3) is 0 Å². The van der Waals surface area contributed by atoms with Crippen molar-refractivity contribution in [3.63, 3.8) is 0 Å². The molecule has 3 rings (SSSR count). The summed E-state index contributed by atoms with van der Waals surface area (Å²) in [6, 6.07) is 9.85. The molecular weight excluding hydrogens is 314 g/mol. The van der Waals surface area contributed by atoms with Crippen LogP contribution in [-0.4, -0.2) is 48.3 Å². The SMILES string of the molecule is O=C(NCC1CCN(C2CCCC2)CC1)N[C@@H](CO)c1ccccc1. The summed E-state index contributed by atoms with van der Waals surface area (Å²) in [4.78, 5) is 14.8. The molecule has 0 aromatic heterocycles. The van der Waals surface area contributed by atoms with E-state index in [1.165, 1.54) is 51.6 Å². The molecule has 2 amide bonds. The van der Waals surface area contributed by atoms with Crippen LogP contribution < -0.4 is 10.6 Å². The number of hydrogen-bond donors (Lipinski definition) is 3. The van der Waals surface area contributed by atoms with E-state index >= 15 is 0 Å². The van der Waals surface area contributed by atoms with Gasteiger partial charge in [-0.1, -0.05) is 43.2 Å². The van der Waals surface area contributed by atoms with E-state index in [1.807, 2.05) is 30.3 Å². The number of benzene rings is 1. The molecule has 138 valence electrons. The van der Waals surface area contributed by atoms with Crippen LogP contribution in [0.1, 0.15) is 50.1 Å². The molecule has 1 aliphatic carbocycles. The van der Waals surface area contributed by atoms with Gasteiger partial charge in [-0.2, -0.15) is 0 Å². The molecule has 1 aromatic rings. The van der Waals surface area contributed by atoms with Gasteiger partial charge in [0.15, 0.2) is 0 Å². The Labute approximate surface area is 150 Å². The molecule has 1 aromatic carbocycles. The van der Waals surface area contributed by atoms with E-state index in [2.05, 4.69) is 15.5 Å². The minimum atomic E-state index is -0.356. The zero-order chi connectivity index (χ0) is 17.5. The summed E-state index contributed by atoms with van der Waals surface area (Å²) in [6.07, 6.45) is 7.85. The highest BCUT2D eigenvalue weighted by Crippen LogP contribution is 2.27. The highest BCUT2D eigenvalue weighted by molar-refractivity contribution is 5.74. The molecule has 0 radical (unpaired) electrons. The van der Waals surface area contributed by atoms with E-state index < -0.39 is 0 Å². The van der Waals surface area contributed by atoms with Crippen LogP contribution in [0.25, 0.3) is 0 Å². The van der Waals surface area contributed by atoms with Crippen molar-refractivity contribution in [2.75, 3.05) is 26.2 Å². The molecule has 5 heteroatoms. The number of likely N-dealkylation sites (tertiary alicyclic amines) is 1. The van der Waals surface area contributed by atoms with Crippen LogP contribution in [0.2, 0.25) is 0 Å². The van der Waals surface area contributed by atoms with Crippen molar-refractivity contribution in [1.82, 2.24) is 15.5 Å². The van der Waals surface area contributed by atoms with E-state index in [0.29, 0.717) is 5.92 Å². The van der Waals surface area contributed by atoms with Crippen LogP contribution in [0.15, 0.2) is 30.3 Å². The molecule has 0 spiro atoms. The normalized spacial score (nSPS) is 21.2. The Kier molecular flexibility index (Phi) is 6.70. The predicted molar refractivity (Wildman–Crippen MR) is 99.4 cm³/mol. The third-order valence-electron chi connectivity index (χ3n) is 5.73. The highest BCUT2D eigenvalue weighted by atomic mass is 16.3. The predicted octanol–water partition coefficient (Wildman–Crippen LogP) is 2.67. The number of carbonyl (C=O) groups is 1. The first kappa shape index (κ1) is 18.2. The standard InChI is InChI=1S/C20H31N3O2/c24-15-19(17-6-2-1-3-7-17)22-20(25)21-14-16-10-12-23(13-11-16)18-8-4-5-9-18/h1-3,6-7,16,18-19,24H,4-5,8-15H2,(H2,21,22,25)/t19-/m0/s1. The van der Waals surface area contributed by atoms with Gasteiger partial charge >= 0.3 is 6.03 Å². The van der Waals surface area contributed by atoms with E-state index in [9.17, 15) is 9.90 Å². The first-order chi connectivity index (χ1) is 12.3. The Morgan fingerprint density at radius 3 is 2.44 bits per heavy atom. The lowest BCUT2D eigenvalue weighted by molar-refractivity contribution is 0.133. The van der Waals surface area contributed by atoms with Gasteiger partial charge in [-0.25, -0.2) is 4.79 Å². The van der Waals surface area contributed by atoms with Crippen LogP contribution in [0.4, 0.5) is 4.79 Å². The van der Waals surface area contributed by atoms with Gasteiger partial charge < -0.3 is 20.6 Å². The monoisotopic (exact) mass is 345 g/mol. The van der Waals surface area contributed by atoms with E-state index in [0.717, 1.165) is 18.2 Å². The molecule has 3 N–H and O–H groups in total. The maximum absolute atomic E-state index is 12.2. The van der Waals surface area contributed by atoms with E-state index in [4.69, 9.17) is 0 Å². The molecule has 2 fully saturated rings. The van der Waals surface area contributed by atoms with Gasteiger partial charge in [-0.05, 0) is 50.3 Å². The van der Waals surface area contributed by atoms with Crippen molar-refractivity contribution >= 4 is 6.03 Å². The molecule has 2 aliphatic rings. The third-order valence-corrected chi connectivity index (χ3v) is 5.73. The molecule has 5 nitrogen and oxygen atoms in total. The summed E-state index contributed by atoms with van der Waals surface area (Å²) in [6.45, 7) is 2.96. The van der Waals surface area contributed by atoms with Crippen LogP contribution in [0, 0.1) is 5.92 Å². The van der Waals surface area contributed by atoms with Gasteiger partial charge in [-0.3, -0.25) is 0 Å². The fraction of sp³-hybridized carbons (Fsp3) is 0.650. The Balaban J connectivity index is 1.37. The molecule has 1 aliphatic heterocycles. The number of nitrogens with one attached hydrogen (secondary N) is 2. The van der Waals surface area contributed by atoms with Crippen LogP contribution in [-0.2, 0) is 0 Å². The summed E-state index contributed by atoms with van der Waals surface area (Å²) in [7, 11) is 0. The molecule has 1 saturated heterocycles. The van der Waals surface area contributed by atoms with E-state index in [-0.39, 0.29) is 18.7 Å². The Morgan fingerprint density at radius 2 is 1.80 bits per heavy atom. The minimum absolute atomic E-state index is 0.1000. The smallest absolute Gasteiger partial charge is 0.315 e.